The van der Waals surface area contributed by atoms with Crippen LogP contribution in [0.5, 0.6) is 0 Å². The van der Waals surface area contributed by atoms with E-state index in [0.29, 0.717) is 25.1 Å². The van der Waals surface area contributed by atoms with Crippen LogP contribution in [0.2, 0.25) is 0 Å². The first kappa shape index (κ1) is 19.6. The molecule has 0 saturated heterocycles. The average molecular weight is 378 g/mol. The zero-order chi connectivity index (χ0) is 20.1. The molecule has 146 valence electrons. The first-order valence-electron chi connectivity index (χ1n) is 9.48. The van der Waals surface area contributed by atoms with Gasteiger partial charge in [-0.2, -0.15) is 0 Å². The van der Waals surface area contributed by atoms with Crippen molar-refractivity contribution in [2.75, 3.05) is 0 Å². The van der Waals surface area contributed by atoms with Crippen LogP contribution in [0.1, 0.15) is 41.8 Å². The van der Waals surface area contributed by atoms with Crippen molar-refractivity contribution in [3.8, 4) is 0 Å². The highest BCUT2D eigenvalue weighted by molar-refractivity contribution is 5.98. The fraction of sp³-hybridized carbons (Fsp3) is 0.318. The van der Waals surface area contributed by atoms with Crippen molar-refractivity contribution < 1.29 is 9.59 Å². The van der Waals surface area contributed by atoms with Gasteiger partial charge in [0.25, 0.3) is 5.91 Å². The number of hydrogen-bond donors (Lipinski definition) is 2. The van der Waals surface area contributed by atoms with Crippen LogP contribution in [0.4, 0.5) is 0 Å². The molecule has 1 unspecified atom stereocenters. The van der Waals surface area contributed by atoms with Gasteiger partial charge < -0.3 is 11.1 Å². The maximum atomic E-state index is 12.5. The van der Waals surface area contributed by atoms with E-state index < -0.39 is 0 Å². The van der Waals surface area contributed by atoms with Crippen LogP contribution >= 0.6 is 0 Å². The highest BCUT2D eigenvalue weighted by atomic mass is 16.2. The van der Waals surface area contributed by atoms with Crippen molar-refractivity contribution in [2.45, 2.75) is 39.4 Å². The molecule has 0 radical (unpaired) electrons. The highest BCUT2D eigenvalue weighted by Gasteiger charge is 2.29. The fourth-order valence-electron chi connectivity index (χ4n) is 3.13. The molecule has 3 N–H and O–H groups in total. The van der Waals surface area contributed by atoms with Crippen molar-refractivity contribution in [3.05, 3.63) is 71.3 Å². The van der Waals surface area contributed by atoms with Gasteiger partial charge in [0.1, 0.15) is 0 Å². The van der Waals surface area contributed by atoms with E-state index in [-0.39, 0.29) is 29.7 Å². The molecule has 2 amide bonds. The van der Waals surface area contributed by atoms with Crippen LogP contribution in [-0.2, 0) is 17.9 Å². The predicted molar refractivity (Wildman–Crippen MR) is 109 cm³/mol. The standard InChI is InChI=1S/C22H26N4O2/c1-15(2)19-12-20(27)26(22(23)25-19)14-17-9-6-10-18(11-17)21(28)24-13-16-7-4-3-5-8-16/h3-11,15,19H,12-14H2,1-2H3,(H2,23,25)(H,24,28). The summed E-state index contributed by atoms with van der Waals surface area (Å²) in [7, 11) is 0. The Morgan fingerprint density at radius 2 is 1.89 bits per heavy atom. The number of nitrogens with one attached hydrogen (secondary N) is 1. The number of nitrogens with two attached hydrogens (primary N) is 1. The SMILES string of the molecule is CC(C)C1CC(=O)N(Cc2cccc(C(=O)NCc3ccccc3)c2)C(N)=N1. The molecular weight excluding hydrogens is 352 g/mol. The Labute approximate surface area is 165 Å². The van der Waals surface area contributed by atoms with E-state index in [1.54, 1.807) is 12.1 Å². The smallest absolute Gasteiger partial charge is 0.251 e. The molecule has 6 heteroatoms. The van der Waals surface area contributed by atoms with Gasteiger partial charge in [0, 0.05) is 12.1 Å². The summed E-state index contributed by atoms with van der Waals surface area (Å²) in [4.78, 5) is 30.9. The van der Waals surface area contributed by atoms with Gasteiger partial charge in [-0.05, 0) is 29.2 Å². The number of aliphatic imine (C=N–C) groups is 1. The lowest BCUT2D eigenvalue weighted by molar-refractivity contribution is -0.129. The van der Waals surface area contributed by atoms with Crippen LogP contribution in [0.25, 0.3) is 0 Å². The Kier molecular flexibility index (Phi) is 6.09. The maximum Gasteiger partial charge on any atom is 0.251 e. The van der Waals surface area contributed by atoms with Gasteiger partial charge >= 0.3 is 0 Å². The van der Waals surface area contributed by atoms with Crippen LogP contribution in [0, 0.1) is 5.92 Å². The molecule has 0 spiro atoms. The number of amides is 2. The lowest BCUT2D eigenvalue weighted by Crippen LogP contribution is -2.47. The zero-order valence-corrected chi connectivity index (χ0v) is 16.3. The Balaban J connectivity index is 1.67. The molecule has 1 atom stereocenters. The summed E-state index contributed by atoms with van der Waals surface area (Å²) in [5.41, 5.74) is 8.45. The van der Waals surface area contributed by atoms with Gasteiger partial charge in [-0.25, -0.2) is 4.99 Å². The third-order valence-corrected chi connectivity index (χ3v) is 4.85. The van der Waals surface area contributed by atoms with Crippen LogP contribution in [-0.4, -0.2) is 28.7 Å². The van der Waals surface area contributed by atoms with E-state index in [1.807, 2.05) is 56.3 Å². The van der Waals surface area contributed by atoms with E-state index in [2.05, 4.69) is 10.3 Å². The number of guanidine groups is 1. The molecule has 6 nitrogen and oxygen atoms in total. The van der Waals surface area contributed by atoms with Gasteiger partial charge in [-0.3, -0.25) is 14.5 Å². The number of rotatable bonds is 6. The minimum Gasteiger partial charge on any atom is -0.369 e. The average Bonchev–Trinajstić information content (AvgIpc) is 2.69. The number of benzene rings is 2. The van der Waals surface area contributed by atoms with E-state index in [1.165, 1.54) is 4.90 Å². The summed E-state index contributed by atoms with van der Waals surface area (Å²) in [6.45, 7) is 4.83. The van der Waals surface area contributed by atoms with E-state index in [9.17, 15) is 9.59 Å². The second-order valence-corrected chi connectivity index (χ2v) is 7.35. The van der Waals surface area contributed by atoms with Gasteiger partial charge in [-0.15, -0.1) is 0 Å². The fourth-order valence-corrected chi connectivity index (χ4v) is 3.13. The third kappa shape index (κ3) is 4.76. The van der Waals surface area contributed by atoms with Crippen LogP contribution < -0.4 is 11.1 Å². The number of carbonyl (C=O) groups is 2. The van der Waals surface area contributed by atoms with E-state index >= 15 is 0 Å². The zero-order valence-electron chi connectivity index (χ0n) is 16.3. The minimum absolute atomic E-state index is 0.0369. The number of hydrogen-bond acceptors (Lipinski definition) is 4. The third-order valence-electron chi connectivity index (χ3n) is 4.85. The Morgan fingerprint density at radius 1 is 1.18 bits per heavy atom. The molecule has 0 saturated carbocycles. The molecule has 0 bridgehead atoms. The maximum absolute atomic E-state index is 12.5. The molecule has 1 aliphatic rings. The number of carbonyl (C=O) groups excluding carboxylic acids is 2. The van der Waals surface area contributed by atoms with Crippen molar-refractivity contribution in [1.29, 1.82) is 0 Å². The number of nitrogens with zero attached hydrogens (tertiary/aromatic N) is 2. The normalized spacial score (nSPS) is 16.8. The first-order chi connectivity index (χ1) is 13.4. The molecule has 1 aliphatic heterocycles. The minimum atomic E-state index is -0.155. The van der Waals surface area contributed by atoms with Crippen molar-refractivity contribution >= 4 is 17.8 Å². The van der Waals surface area contributed by atoms with Crippen molar-refractivity contribution in [1.82, 2.24) is 10.2 Å². The summed E-state index contributed by atoms with van der Waals surface area (Å²) < 4.78 is 0. The molecule has 0 aromatic heterocycles. The molecule has 3 rings (SSSR count). The van der Waals surface area contributed by atoms with E-state index in [0.717, 1.165) is 11.1 Å². The molecule has 28 heavy (non-hydrogen) atoms. The Morgan fingerprint density at radius 3 is 2.57 bits per heavy atom. The van der Waals surface area contributed by atoms with Gasteiger partial charge in [-0.1, -0.05) is 56.3 Å². The highest BCUT2D eigenvalue weighted by Crippen LogP contribution is 2.19. The van der Waals surface area contributed by atoms with Crippen molar-refractivity contribution in [3.63, 3.8) is 0 Å². The molecule has 2 aromatic rings. The lowest BCUT2D eigenvalue weighted by Gasteiger charge is -2.30. The quantitative estimate of drug-likeness (QED) is 0.810. The monoisotopic (exact) mass is 378 g/mol. The summed E-state index contributed by atoms with van der Waals surface area (Å²) in [6.07, 6.45) is 0.357. The Hall–Kier alpha value is -3.15. The van der Waals surface area contributed by atoms with E-state index in [4.69, 9.17) is 5.73 Å². The first-order valence-corrected chi connectivity index (χ1v) is 9.48. The second kappa shape index (κ2) is 8.69. The summed E-state index contributed by atoms with van der Waals surface area (Å²) in [5, 5.41) is 2.91. The van der Waals surface area contributed by atoms with Crippen molar-refractivity contribution in [2.24, 2.45) is 16.6 Å². The van der Waals surface area contributed by atoms with Crippen LogP contribution in [0.15, 0.2) is 59.6 Å². The summed E-state index contributed by atoms with van der Waals surface area (Å²) in [6, 6.07) is 16.9. The lowest BCUT2D eigenvalue weighted by atomic mass is 9.99. The van der Waals surface area contributed by atoms with Crippen LogP contribution in [0.3, 0.4) is 0 Å². The molecule has 1 heterocycles. The molecule has 0 fully saturated rings. The topological polar surface area (TPSA) is 87.8 Å². The van der Waals surface area contributed by atoms with Gasteiger partial charge in [0.2, 0.25) is 5.91 Å². The summed E-state index contributed by atoms with van der Waals surface area (Å²) >= 11 is 0. The van der Waals surface area contributed by atoms with Gasteiger partial charge in [0.05, 0.1) is 19.0 Å². The molecule has 2 aromatic carbocycles. The molecular formula is C22H26N4O2. The van der Waals surface area contributed by atoms with Gasteiger partial charge in [0.15, 0.2) is 5.96 Å². The summed E-state index contributed by atoms with van der Waals surface area (Å²) in [5.74, 6) is 0.317. The second-order valence-electron chi connectivity index (χ2n) is 7.35. The molecule has 0 aliphatic carbocycles. The predicted octanol–water partition coefficient (Wildman–Crippen LogP) is 2.69. The Bertz CT molecular complexity index is 877. The largest absolute Gasteiger partial charge is 0.369 e.